The fraction of sp³-hybridized carbons (Fsp3) is 0.381. The van der Waals surface area contributed by atoms with Gasteiger partial charge in [-0.2, -0.15) is 0 Å². The van der Waals surface area contributed by atoms with E-state index in [2.05, 4.69) is 17.4 Å². The molecular weight excluding hydrogens is 360 g/mol. The van der Waals surface area contributed by atoms with E-state index in [1.807, 2.05) is 25.1 Å². The summed E-state index contributed by atoms with van der Waals surface area (Å²) in [4.78, 5) is 12.8. The van der Waals surface area contributed by atoms with Crippen molar-refractivity contribution in [1.29, 1.82) is 0 Å². The van der Waals surface area contributed by atoms with Gasteiger partial charge >= 0.3 is 0 Å². The van der Waals surface area contributed by atoms with Crippen molar-refractivity contribution in [3.63, 3.8) is 0 Å². The summed E-state index contributed by atoms with van der Waals surface area (Å²) in [5, 5.41) is 3.00. The van der Waals surface area contributed by atoms with Crippen LogP contribution in [0.2, 0.25) is 0 Å². The van der Waals surface area contributed by atoms with Gasteiger partial charge in [-0.25, -0.2) is 12.7 Å². The monoisotopic (exact) mass is 388 g/mol. The molecule has 0 aliphatic rings. The van der Waals surface area contributed by atoms with Crippen LogP contribution in [-0.4, -0.2) is 39.3 Å². The number of nitrogens with zero attached hydrogens (tertiary/aromatic N) is 1. The lowest BCUT2D eigenvalue weighted by atomic mass is 9.95. The zero-order valence-corrected chi connectivity index (χ0v) is 17.0. The highest BCUT2D eigenvalue weighted by Crippen LogP contribution is 2.22. The first-order valence-corrected chi connectivity index (χ1v) is 10.6. The minimum Gasteiger partial charge on any atom is -0.356 e. The van der Waals surface area contributed by atoms with E-state index in [4.69, 9.17) is 0 Å². The standard InChI is InChI=1S/C21H28N2O3S/c1-4-20(18-12-14-19(15-13-18)27(25,26)23(2)3)21(24)22-16-8-11-17-9-6-5-7-10-17/h5-7,9-10,12-15,20H,4,8,11,16H2,1-3H3,(H,22,24). The summed E-state index contributed by atoms with van der Waals surface area (Å²) in [6.45, 7) is 2.58. The second kappa shape index (κ2) is 9.67. The van der Waals surface area contributed by atoms with Crippen molar-refractivity contribution >= 4 is 15.9 Å². The molecule has 2 aromatic rings. The fourth-order valence-corrected chi connectivity index (χ4v) is 3.83. The number of rotatable bonds is 9. The minimum atomic E-state index is -3.46. The number of aryl methyl sites for hydroxylation is 1. The van der Waals surface area contributed by atoms with Crippen LogP contribution in [0.1, 0.15) is 36.8 Å². The van der Waals surface area contributed by atoms with Gasteiger partial charge in [-0.1, -0.05) is 49.4 Å². The van der Waals surface area contributed by atoms with Gasteiger partial charge in [-0.3, -0.25) is 4.79 Å². The first kappa shape index (κ1) is 21.1. The third-order valence-electron chi connectivity index (χ3n) is 4.57. The second-order valence-electron chi connectivity index (χ2n) is 6.70. The smallest absolute Gasteiger partial charge is 0.242 e. The molecule has 0 fully saturated rings. The van der Waals surface area contributed by atoms with Gasteiger partial charge in [-0.15, -0.1) is 0 Å². The van der Waals surface area contributed by atoms with Crippen LogP contribution >= 0.6 is 0 Å². The molecule has 1 N–H and O–H groups in total. The third kappa shape index (κ3) is 5.65. The van der Waals surface area contributed by atoms with E-state index in [-0.39, 0.29) is 16.7 Å². The van der Waals surface area contributed by atoms with Crippen LogP contribution in [0.4, 0.5) is 0 Å². The summed E-state index contributed by atoms with van der Waals surface area (Å²) in [5.41, 5.74) is 2.09. The Morgan fingerprint density at radius 1 is 1.04 bits per heavy atom. The Balaban J connectivity index is 1.94. The lowest BCUT2D eigenvalue weighted by Crippen LogP contribution is -2.30. The number of benzene rings is 2. The molecule has 0 bridgehead atoms. The molecule has 0 spiro atoms. The molecule has 0 aliphatic heterocycles. The molecule has 0 saturated heterocycles. The van der Waals surface area contributed by atoms with Gasteiger partial charge in [0.25, 0.3) is 0 Å². The Hall–Kier alpha value is -2.18. The Morgan fingerprint density at radius 3 is 2.22 bits per heavy atom. The van der Waals surface area contributed by atoms with E-state index in [0.29, 0.717) is 13.0 Å². The first-order valence-electron chi connectivity index (χ1n) is 9.20. The number of hydrogen-bond donors (Lipinski definition) is 1. The molecule has 6 heteroatoms. The van der Waals surface area contributed by atoms with E-state index in [9.17, 15) is 13.2 Å². The molecule has 0 aliphatic carbocycles. The van der Waals surface area contributed by atoms with Crippen molar-refractivity contribution in [3.8, 4) is 0 Å². The van der Waals surface area contributed by atoms with Crippen molar-refractivity contribution in [2.75, 3.05) is 20.6 Å². The number of hydrogen-bond acceptors (Lipinski definition) is 3. The highest BCUT2D eigenvalue weighted by atomic mass is 32.2. The van der Waals surface area contributed by atoms with Crippen LogP contribution in [0.25, 0.3) is 0 Å². The van der Waals surface area contributed by atoms with Gasteiger partial charge in [-0.05, 0) is 42.5 Å². The molecule has 146 valence electrons. The molecule has 1 amide bonds. The van der Waals surface area contributed by atoms with Gasteiger partial charge in [0.2, 0.25) is 15.9 Å². The quantitative estimate of drug-likeness (QED) is 0.671. The molecule has 2 rings (SSSR count). The predicted molar refractivity (Wildman–Crippen MR) is 108 cm³/mol. The summed E-state index contributed by atoms with van der Waals surface area (Å²) in [7, 11) is -0.456. The van der Waals surface area contributed by atoms with Gasteiger partial charge in [0, 0.05) is 20.6 Å². The van der Waals surface area contributed by atoms with E-state index in [1.54, 1.807) is 24.3 Å². The van der Waals surface area contributed by atoms with Crippen LogP contribution in [-0.2, 0) is 21.2 Å². The zero-order valence-electron chi connectivity index (χ0n) is 16.2. The summed E-state index contributed by atoms with van der Waals surface area (Å²) in [6, 6.07) is 16.8. The number of carbonyl (C=O) groups is 1. The Kier molecular flexibility index (Phi) is 7.56. The number of nitrogens with one attached hydrogen (secondary N) is 1. The van der Waals surface area contributed by atoms with Crippen molar-refractivity contribution in [3.05, 3.63) is 65.7 Å². The number of carbonyl (C=O) groups excluding carboxylic acids is 1. The van der Waals surface area contributed by atoms with Crippen LogP contribution < -0.4 is 5.32 Å². The topological polar surface area (TPSA) is 66.5 Å². The maximum atomic E-state index is 12.5. The highest BCUT2D eigenvalue weighted by molar-refractivity contribution is 7.89. The molecule has 2 aromatic carbocycles. The summed E-state index contributed by atoms with van der Waals surface area (Å²) >= 11 is 0. The summed E-state index contributed by atoms with van der Waals surface area (Å²) < 4.78 is 25.5. The lowest BCUT2D eigenvalue weighted by molar-refractivity contribution is -0.122. The van der Waals surface area contributed by atoms with E-state index >= 15 is 0 Å². The largest absolute Gasteiger partial charge is 0.356 e. The molecule has 5 nitrogen and oxygen atoms in total. The fourth-order valence-electron chi connectivity index (χ4n) is 2.93. The number of sulfonamides is 1. The third-order valence-corrected chi connectivity index (χ3v) is 6.40. The number of amides is 1. The van der Waals surface area contributed by atoms with Crippen molar-refractivity contribution < 1.29 is 13.2 Å². The van der Waals surface area contributed by atoms with Crippen LogP contribution in [0.15, 0.2) is 59.5 Å². The molecule has 0 saturated carbocycles. The average Bonchev–Trinajstić information content (AvgIpc) is 2.67. The van der Waals surface area contributed by atoms with Crippen LogP contribution in [0.5, 0.6) is 0 Å². The molecule has 1 unspecified atom stereocenters. The van der Waals surface area contributed by atoms with Crippen LogP contribution in [0, 0.1) is 0 Å². The normalized spacial score (nSPS) is 12.7. The van der Waals surface area contributed by atoms with Crippen molar-refractivity contribution in [2.24, 2.45) is 0 Å². The first-order chi connectivity index (χ1) is 12.9. The summed E-state index contributed by atoms with van der Waals surface area (Å²) in [6.07, 6.45) is 2.46. The van der Waals surface area contributed by atoms with Crippen molar-refractivity contribution in [1.82, 2.24) is 9.62 Å². The zero-order chi connectivity index (χ0) is 19.9. The maximum absolute atomic E-state index is 12.5. The minimum absolute atomic E-state index is 0.0196. The predicted octanol–water partition coefficient (Wildman–Crippen LogP) is 3.18. The van der Waals surface area contributed by atoms with E-state index < -0.39 is 10.0 Å². The highest BCUT2D eigenvalue weighted by Gasteiger charge is 2.21. The lowest BCUT2D eigenvalue weighted by Gasteiger charge is -2.17. The molecule has 1 atom stereocenters. The Morgan fingerprint density at radius 2 is 1.67 bits per heavy atom. The molecule has 0 radical (unpaired) electrons. The second-order valence-corrected chi connectivity index (χ2v) is 8.85. The molecule has 0 aromatic heterocycles. The van der Waals surface area contributed by atoms with Gasteiger partial charge in [0.1, 0.15) is 0 Å². The average molecular weight is 389 g/mol. The van der Waals surface area contributed by atoms with Gasteiger partial charge < -0.3 is 5.32 Å². The maximum Gasteiger partial charge on any atom is 0.242 e. The van der Waals surface area contributed by atoms with Gasteiger partial charge in [0.05, 0.1) is 10.8 Å². The Labute approximate surface area is 162 Å². The molecule has 0 heterocycles. The molecular formula is C21H28N2O3S. The van der Waals surface area contributed by atoms with Gasteiger partial charge in [0.15, 0.2) is 0 Å². The summed E-state index contributed by atoms with van der Waals surface area (Å²) in [5.74, 6) is -0.299. The van der Waals surface area contributed by atoms with Crippen molar-refractivity contribution in [2.45, 2.75) is 37.0 Å². The SMILES string of the molecule is CCC(C(=O)NCCCc1ccccc1)c1ccc(S(=O)(=O)N(C)C)cc1. The van der Waals surface area contributed by atoms with E-state index in [1.165, 1.54) is 24.0 Å². The molecule has 27 heavy (non-hydrogen) atoms. The van der Waals surface area contributed by atoms with E-state index in [0.717, 1.165) is 18.4 Å². The van der Waals surface area contributed by atoms with Crippen LogP contribution in [0.3, 0.4) is 0 Å². The Bertz CT molecular complexity index is 831.